The Bertz CT molecular complexity index is 826. The Kier molecular flexibility index (Phi) is 6.66. The van der Waals surface area contributed by atoms with E-state index in [-0.39, 0.29) is 17.8 Å². The molecule has 6 nitrogen and oxygen atoms in total. The van der Waals surface area contributed by atoms with Gasteiger partial charge in [-0.1, -0.05) is 13.0 Å². The predicted molar refractivity (Wildman–Crippen MR) is 105 cm³/mol. The van der Waals surface area contributed by atoms with Crippen molar-refractivity contribution in [3.63, 3.8) is 0 Å². The quantitative estimate of drug-likeness (QED) is 0.699. The maximum absolute atomic E-state index is 13.1. The first-order valence-corrected chi connectivity index (χ1v) is 9.04. The lowest BCUT2D eigenvalue weighted by Crippen LogP contribution is -2.37. The lowest BCUT2D eigenvalue weighted by Gasteiger charge is -2.23. The topological polar surface area (TPSA) is 60.8 Å². The van der Waals surface area contributed by atoms with Gasteiger partial charge in [-0.2, -0.15) is 0 Å². The van der Waals surface area contributed by atoms with Crippen molar-refractivity contribution in [2.24, 2.45) is 5.92 Å². The number of aromatic nitrogens is 1. The molecule has 0 N–H and O–H groups in total. The van der Waals surface area contributed by atoms with Gasteiger partial charge in [-0.05, 0) is 39.0 Å². The predicted octanol–water partition coefficient (Wildman–Crippen LogP) is 3.37. The molecule has 6 heteroatoms. The molecule has 2 aromatic rings. The number of aryl methyl sites for hydroxylation is 1. The Balaban J connectivity index is 2.35. The van der Waals surface area contributed by atoms with Crippen molar-refractivity contribution in [2.45, 2.75) is 27.7 Å². The summed E-state index contributed by atoms with van der Waals surface area (Å²) in [5.74, 6) is -0.0191. The molecule has 27 heavy (non-hydrogen) atoms. The number of benzene rings is 1. The molecule has 146 valence electrons. The van der Waals surface area contributed by atoms with Gasteiger partial charge >= 0.3 is 5.97 Å². The second-order valence-corrected chi connectivity index (χ2v) is 6.59. The van der Waals surface area contributed by atoms with E-state index >= 15 is 0 Å². The second-order valence-electron chi connectivity index (χ2n) is 6.59. The van der Waals surface area contributed by atoms with Crippen LogP contribution in [0.1, 0.15) is 35.6 Å². The molecule has 1 amide bonds. The van der Waals surface area contributed by atoms with Gasteiger partial charge < -0.3 is 18.9 Å². The third-order valence-corrected chi connectivity index (χ3v) is 4.74. The number of hydrogen-bond donors (Lipinski definition) is 0. The largest absolute Gasteiger partial charge is 0.497 e. The van der Waals surface area contributed by atoms with Crippen molar-refractivity contribution in [3.8, 4) is 11.4 Å². The molecule has 1 aromatic carbocycles. The number of carbonyl (C=O) groups excluding carboxylic acids is 2. The number of ether oxygens (including phenoxy) is 2. The maximum atomic E-state index is 13.1. The number of rotatable bonds is 7. The van der Waals surface area contributed by atoms with Crippen molar-refractivity contribution in [2.75, 3.05) is 27.3 Å². The van der Waals surface area contributed by atoms with Crippen molar-refractivity contribution >= 4 is 11.9 Å². The van der Waals surface area contributed by atoms with Crippen LogP contribution in [0, 0.1) is 19.8 Å². The zero-order valence-electron chi connectivity index (χ0n) is 16.9. The number of esters is 1. The average Bonchev–Trinajstić information content (AvgIpc) is 2.98. The summed E-state index contributed by atoms with van der Waals surface area (Å²) in [7, 11) is 2.99. The molecule has 0 radical (unpaired) electrons. The van der Waals surface area contributed by atoms with Crippen LogP contribution in [-0.2, 0) is 9.53 Å². The van der Waals surface area contributed by atoms with Crippen molar-refractivity contribution in [3.05, 3.63) is 47.3 Å². The highest BCUT2D eigenvalue weighted by Crippen LogP contribution is 2.25. The number of methoxy groups -OCH3 is 2. The van der Waals surface area contributed by atoms with E-state index in [1.165, 1.54) is 7.11 Å². The van der Waals surface area contributed by atoms with E-state index in [9.17, 15) is 9.59 Å². The fourth-order valence-electron chi connectivity index (χ4n) is 3.26. The SMILES string of the molecule is CCN(CC(C)C(=O)OC)C(=O)c1cc(C)n(-c2cccc(OC)c2)c1C. The van der Waals surface area contributed by atoms with Gasteiger partial charge in [-0.15, -0.1) is 0 Å². The highest BCUT2D eigenvalue weighted by Gasteiger charge is 2.24. The van der Waals surface area contributed by atoms with Gasteiger partial charge in [0.15, 0.2) is 0 Å². The van der Waals surface area contributed by atoms with Crippen molar-refractivity contribution in [1.82, 2.24) is 9.47 Å². The van der Waals surface area contributed by atoms with E-state index < -0.39 is 0 Å². The van der Waals surface area contributed by atoms with Gasteiger partial charge in [0.25, 0.3) is 5.91 Å². The minimum atomic E-state index is -0.374. The van der Waals surface area contributed by atoms with Gasteiger partial charge in [0.2, 0.25) is 0 Å². The van der Waals surface area contributed by atoms with Crippen LogP contribution in [0.5, 0.6) is 5.75 Å². The van der Waals surface area contributed by atoms with E-state index in [1.807, 2.05) is 55.7 Å². The normalized spacial score (nSPS) is 11.8. The van der Waals surface area contributed by atoms with Crippen molar-refractivity contribution in [1.29, 1.82) is 0 Å². The molecular formula is C21H28N2O4. The summed E-state index contributed by atoms with van der Waals surface area (Å²) in [5, 5.41) is 0. The Morgan fingerprint density at radius 3 is 2.48 bits per heavy atom. The molecule has 1 atom stereocenters. The summed E-state index contributed by atoms with van der Waals surface area (Å²) >= 11 is 0. The van der Waals surface area contributed by atoms with Gasteiger partial charge in [0.05, 0.1) is 25.7 Å². The molecule has 1 aromatic heterocycles. The van der Waals surface area contributed by atoms with Crippen LogP contribution in [0.2, 0.25) is 0 Å². The molecule has 2 rings (SSSR count). The zero-order chi connectivity index (χ0) is 20.1. The first-order valence-electron chi connectivity index (χ1n) is 9.04. The molecule has 0 saturated carbocycles. The maximum Gasteiger partial charge on any atom is 0.310 e. The monoisotopic (exact) mass is 372 g/mol. The molecule has 0 fully saturated rings. The highest BCUT2D eigenvalue weighted by molar-refractivity contribution is 5.96. The van der Waals surface area contributed by atoms with Gasteiger partial charge in [-0.25, -0.2) is 0 Å². The molecule has 0 saturated heterocycles. The lowest BCUT2D eigenvalue weighted by molar-refractivity contribution is -0.145. The average molecular weight is 372 g/mol. The Morgan fingerprint density at radius 2 is 1.89 bits per heavy atom. The number of amides is 1. The number of carbonyl (C=O) groups is 2. The number of nitrogens with zero attached hydrogens (tertiary/aromatic N) is 2. The van der Waals surface area contributed by atoms with Crippen LogP contribution < -0.4 is 4.74 Å². The lowest BCUT2D eigenvalue weighted by atomic mass is 10.1. The van der Waals surface area contributed by atoms with Crippen LogP contribution in [-0.4, -0.2) is 48.7 Å². The number of hydrogen-bond acceptors (Lipinski definition) is 4. The smallest absolute Gasteiger partial charge is 0.310 e. The van der Waals surface area contributed by atoms with Gasteiger partial charge in [-0.3, -0.25) is 9.59 Å². The third-order valence-electron chi connectivity index (χ3n) is 4.74. The summed E-state index contributed by atoms with van der Waals surface area (Å²) < 4.78 is 12.1. The van der Waals surface area contributed by atoms with Crippen LogP contribution in [0.3, 0.4) is 0 Å². The summed E-state index contributed by atoms with van der Waals surface area (Å²) in [4.78, 5) is 26.5. The fraction of sp³-hybridized carbons (Fsp3) is 0.429. The second kappa shape index (κ2) is 8.75. The third kappa shape index (κ3) is 4.32. The Hall–Kier alpha value is -2.76. The summed E-state index contributed by atoms with van der Waals surface area (Å²) in [6, 6.07) is 9.61. The standard InChI is InChI=1S/C21H28N2O4/c1-7-22(13-14(2)21(25)27-6)20(24)19-11-15(3)23(16(19)4)17-9-8-10-18(12-17)26-5/h8-12,14H,7,13H2,1-6H3. The highest BCUT2D eigenvalue weighted by atomic mass is 16.5. The molecule has 1 heterocycles. The summed E-state index contributed by atoms with van der Waals surface area (Å²) in [6.45, 7) is 8.41. The first-order chi connectivity index (χ1) is 12.8. The van der Waals surface area contributed by atoms with E-state index in [0.29, 0.717) is 18.7 Å². The molecule has 0 spiro atoms. The molecule has 1 unspecified atom stereocenters. The van der Waals surface area contributed by atoms with E-state index in [0.717, 1.165) is 22.8 Å². The van der Waals surface area contributed by atoms with Crippen LogP contribution >= 0.6 is 0 Å². The molecule has 0 aliphatic carbocycles. The minimum Gasteiger partial charge on any atom is -0.497 e. The first kappa shape index (κ1) is 20.6. The van der Waals surface area contributed by atoms with Crippen LogP contribution in [0.4, 0.5) is 0 Å². The van der Waals surface area contributed by atoms with Crippen molar-refractivity contribution < 1.29 is 19.1 Å². The zero-order valence-corrected chi connectivity index (χ0v) is 16.9. The molecule has 0 bridgehead atoms. The fourth-order valence-corrected chi connectivity index (χ4v) is 3.26. The van der Waals surface area contributed by atoms with Crippen LogP contribution in [0.15, 0.2) is 30.3 Å². The van der Waals surface area contributed by atoms with E-state index in [2.05, 4.69) is 0 Å². The summed E-state index contributed by atoms with van der Waals surface area (Å²) in [5.41, 5.74) is 3.39. The Labute approximate surface area is 160 Å². The molecule has 0 aliphatic rings. The molecular weight excluding hydrogens is 344 g/mol. The summed E-state index contributed by atoms with van der Waals surface area (Å²) in [6.07, 6.45) is 0. The minimum absolute atomic E-state index is 0.0875. The van der Waals surface area contributed by atoms with Crippen LogP contribution in [0.25, 0.3) is 5.69 Å². The van der Waals surface area contributed by atoms with E-state index in [4.69, 9.17) is 9.47 Å². The molecule has 0 aliphatic heterocycles. The van der Waals surface area contributed by atoms with E-state index in [1.54, 1.807) is 18.9 Å². The Morgan fingerprint density at radius 1 is 1.19 bits per heavy atom. The van der Waals surface area contributed by atoms with Gasteiger partial charge in [0, 0.05) is 36.2 Å². The van der Waals surface area contributed by atoms with Gasteiger partial charge in [0.1, 0.15) is 5.75 Å².